The van der Waals surface area contributed by atoms with E-state index >= 15 is 0 Å². The van der Waals surface area contributed by atoms with Crippen molar-refractivity contribution in [2.24, 2.45) is 0 Å². The molecule has 0 saturated heterocycles. The Labute approximate surface area is 102 Å². The van der Waals surface area contributed by atoms with E-state index in [0.29, 0.717) is 18.7 Å². The molecular weight excluding hydrogens is 219 g/mol. The van der Waals surface area contributed by atoms with E-state index in [0.717, 1.165) is 0 Å². The number of rotatable bonds is 5. The predicted molar refractivity (Wildman–Crippen MR) is 66.0 cm³/mol. The maximum absolute atomic E-state index is 13.3. The van der Waals surface area contributed by atoms with Crippen LogP contribution in [0, 0.1) is 5.82 Å². The molecule has 0 aliphatic carbocycles. The highest BCUT2D eigenvalue weighted by atomic mass is 19.1. The second-order valence-electron chi connectivity index (χ2n) is 4.05. The Bertz CT molecular complexity index is 381. The third kappa shape index (κ3) is 3.82. The van der Waals surface area contributed by atoms with Gasteiger partial charge in [-0.05, 0) is 19.9 Å². The van der Waals surface area contributed by atoms with Crippen LogP contribution < -0.4 is 5.32 Å². The first-order valence-electron chi connectivity index (χ1n) is 5.78. The number of nitrogens with one attached hydrogen (secondary N) is 1. The summed E-state index contributed by atoms with van der Waals surface area (Å²) >= 11 is 0. The van der Waals surface area contributed by atoms with Crippen molar-refractivity contribution >= 4 is 5.91 Å². The molecule has 1 amide bonds. The lowest BCUT2D eigenvalue weighted by atomic mass is 10.2. The molecule has 0 saturated carbocycles. The van der Waals surface area contributed by atoms with Crippen molar-refractivity contribution in [3.63, 3.8) is 0 Å². The first-order chi connectivity index (χ1) is 8.06. The van der Waals surface area contributed by atoms with Crippen LogP contribution in [0.5, 0.6) is 0 Å². The second-order valence-corrected chi connectivity index (χ2v) is 4.05. The molecule has 0 radical (unpaired) electrons. The molecule has 94 valence electrons. The molecule has 17 heavy (non-hydrogen) atoms. The van der Waals surface area contributed by atoms with Gasteiger partial charge < -0.3 is 10.2 Å². The van der Waals surface area contributed by atoms with E-state index in [1.165, 1.54) is 6.07 Å². The third-order valence-electron chi connectivity index (χ3n) is 2.78. The van der Waals surface area contributed by atoms with Crippen LogP contribution in [0.4, 0.5) is 4.39 Å². The Morgan fingerprint density at radius 1 is 1.47 bits per heavy atom. The van der Waals surface area contributed by atoms with Gasteiger partial charge in [0.2, 0.25) is 5.91 Å². The summed E-state index contributed by atoms with van der Waals surface area (Å²) in [6.07, 6.45) is 0. The fraction of sp³-hybridized carbons (Fsp3) is 0.462. The Kier molecular flexibility index (Phi) is 5.10. The number of likely N-dealkylation sites (N-methyl/N-ethyl adjacent to an activating group) is 1. The van der Waals surface area contributed by atoms with Gasteiger partial charge in [0, 0.05) is 25.7 Å². The first-order valence-corrected chi connectivity index (χ1v) is 5.78. The summed E-state index contributed by atoms with van der Waals surface area (Å²) in [4.78, 5) is 13.4. The molecule has 0 aliphatic heterocycles. The molecule has 0 fully saturated rings. The summed E-state index contributed by atoms with van der Waals surface area (Å²) in [6, 6.07) is 6.26. The summed E-state index contributed by atoms with van der Waals surface area (Å²) in [5, 5.41) is 3.02. The van der Waals surface area contributed by atoms with Crippen molar-refractivity contribution in [3.8, 4) is 0 Å². The summed E-state index contributed by atoms with van der Waals surface area (Å²) in [5.74, 6) is -0.229. The van der Waals surface area contributed by atoms with E-state index in [-0.39, 0.29) is 17.8 Å². The fourth-order valence-electron chi connectivity index (χ4n) is 1.48. The largest absolute Gasteiger partial charge is 0.345 e. The van der Waals surface area contributed by atoms with Gasteiger partial charge in [0.15, 0.2) is 0 Å². The van der Waals surface area contributed by atoms with Gasteiger partial charge in [-0.2, -0.15) is 0 Å². The number of carbonyl (C=O) groups excluding carboxylic acids is 1. The third-order valence-corrected chi connectivity index (χ3v) is 2.78. The molecule has 1 N–H and O–H groups in total. The van der Waals surface area contributed by atoms with Gasteiger partial charge in [-0.3, -0.25) is 4.79 Å². The van der Waals surface area contributed by atoms with Crippen LogP contribution in [0.1, 0.15) is 19.4 Å². The molecule has 1 aromatic rings. The fourth-order valence-corrected chi connectivity index (χ4v) is 1.48. The van der Waals surface area contributed by atoms with Crippen molar-refractivity contribution < 1.29 is 9.18 Å². The minimum atomic E-state index is -0.306. The molecule has 0 spiro atoms. The minimum absolute atomic E-state index is 0.0174. The van der Waals surface area contributed by atoms with Gasteiger partial charge in [0.25, 0.3) is 0 Å². The number of hydrogen-bond donors (Lipinski definition) is 1. The molecular formula is C13H19FN2O. The monoisotopic (exact) mass is 238 g/mol. The van der Waals surface area contributed by atoms with Crippen molar-refractivity contribution in [2.75, 3.05) is 13.6 Å². The van der Waals surface area contributed by atoms with Gasteiger partial charge in [-0.25, -0.2) is 4.39 Å². The van der Waals surface area contributed by atoms with Crippen LogP contribution in [-0.4, -0.2) is 30.4 Å². The van der Waals surface area contributed by atoms with Gasteiger partial charge in [0.05, 0.1) is 6.04 Å². The Balaban J connectivity index is 2.51. The minimum Gasteiger partial charge on any atom is -0.345 e. The molecule has 1 aromatic carbocycles. The van der Waals surface area contributed by atoms with Gasteiger partial charge in [-0.1, -0.05) is 18.2 Å². The molecule has 1 rings (SSSR count). The topological polar surface area (TPSA) is 32.3 Å². The maximum atomic E-state index is 13.3. The quantitative estimate of drug-likeness (QED) is 0.848. The lowest BCUT2D eigenvalue weighted by Crippen LogP contribution is -2.42. The number of amides is 1. The van der Waals surface area contributed by atoms with E-state index in [1.54, 1.807) is 37.1 Å². The summed E-state index contributed by atoms with van der Waals surface area (Å²) < 4.78 is 13.3. The van der Waals surface area contributed by atoms with Crippen molar-refractivity contribution in [1.82, 2.24) is 10.2 Å². The smallest absolute Gasteiger partial charge is 0.239 e. The Hall–Kier alpha value is -1.42. The van der Waals surface area contributed by atoms with Gasteiger partial charge >= 0.3 is 0 Å². The van der Waals surface area contributed by atoms with E-state index in [9.17, 15) is 9.18 Å². The lowest BCUT2D eigenvalue weighted by Gasteiger charge is -2.20. The average molecular weight is 238 g/mol. The van der Waals surface area contributed by atoms with Crippen LogP contribution in [0.15, 0.2) is 24.3 Å². The zero-order valence-corrected chi connectivity index (χ0v) is 10.5. The second kappa shape index (κ2) is 6.35. The van der Waals surface area contributed by atoms with Crippen LogP contribution in [0.25, 0.3) is 0 Å². The zero-order valence-electron chi connectivity index (χ0n) is 10.5. The number of carbonyl (C=O) groups is 1. The molecule has 3 nitrogen and oxygen atoms in total. The van der Waals surface area contributed by atoms with E-state index in [2.05, 4.69) is 5.32 Å². The Morgan fingerprint density at radius 3 is 2.71 bits per heavy atom. The van der Waals surface area contributed by atoms with Crippen LogP contribution >= 0.6 is 0 Å². The standard InChI is InChI=1S/C13H19FN2O/c1-4-16(3)13(17)10(2)15-9-11-7-5-6-8-12(11)14/h5-8,10,15H,4,9H2,1-3H3. The van der Waals surface area contributed by atoms with E-state index < -0.39 is 0 Å². The summed E-state index contributed by atoms with van der Waals surface area (Å²) in [6.45, 7) is 4.73. The van der Waals surface area contributed by atoms with Crippen molar-refractivity contribution in [2.45, 2.75) is 26.4 Å². The predicted octanol–water partition coefficient (Wildman–Crippen LogP) is 1.78. The van der Waals surface area contributed by atoms with Crippen LogP contribution in [0.2, 0.25) is 0 Å². The number of halogens is 1. The van der Waals surface area contributed by atoms with Crippen molar-refractivity contribution in [3.05, 3.63) is 35.6 Å². The Morgan fingerprint density at radius 2 is 2.12 bits per heavy atom. The molecule has 0 heterocycles. The molecule has 1 unspecified atom stereocenters. The normalized spacial score (nSPS) is 12.2. The molecule has 0 bridgehead atoms. The summed E-state index contributed by atoms with van der Waals surface area (Å²) in [5.41, 5.74) is 0.575. The number of hydrogen-bond acceptors (Lipinski definition) is 2. The average Bonchev–Trinajstić information content (AvgIpc) is 2.35. The SMILES string of the molecule is CCN(C)C(=O)C(C)NCc1ccccc1F. The summed E-state index contributed by atoms with van der Waals surface area (Å²) in [7, 11) is 1.75. The van der Waals surface area contributed by atoms with Crippen molar-refractivity contribution in [1.29, 1.82) is 0 Å². The van der Waals surface area contributed by atoms with Gasteiger partial charge in [-0.15, -0.1) is 0 Å². The zero-order chi connectivity index (χ0) is 12.8. The highest BCUT2D eigenvalue weighted by Gasteiger charge is 2.15. The maximum Gasteiger partial charge on any atom is 0.239 e. The highest BCUT2D eigenvalue weighted by Crippen LogP contribution is 2.06. The van der Waals surface area contributed by atoms with E-state index in [4.69, 9.17) is 0 Å². The lowest BCUT2D eigenvalue weighted by molar-refractivity contribution is -0.131. The van der Waals surface area contributed by atoms with E-state index in [1.807, 2.05) is 6.92 Å². The highest BCUT2D eigenvalue weighted by molar-refractivity contribution is 5.81. The number of nitrogens with zero attached hydrogens (tertiary/aromatic N) is 1. The molecule has 0 aliphatic rings. The molecule has 4 heteroatoms. The molecule has 0 aromatic heterocycles. The van der Waals surface area contributed by atoms with Crippen LogP contribution in [-0.2, 0) is 11.3 Å². The first kappa shape index (κ1) is 13.6. The van der Waals surface area contributed by atoms with Gasteiger partial charge in [0.1, 0.15) is 5.82 Å². The number of benzene rings is 1. The molecule has 1 atom stereocenters. The van der Waals surface area contributed by atoms with Crippen LogP contribution in [0.3, 0.4) is 0 Å².